The number of amides is 1. The summed E-state index contributed by atoms with van der Waals surface area (Å²) in [5.74, 6) is 1.11. The molecule has 146 valence electrons. The van der Waals surface area contributed by atoms with Crippen molar-refractivity contribution in [3.05, 3.63) is 47.0 Å². The van der Waals surface area contributed by atoms with Crippen LogP contribution in [0.25, 0.3) is 11.1 Å². The van der Waals surface area contributed by atoms with Gasteiger partial charge in [-0.05, 0) is 50.0 Å². The van der Waals surface area contributed by atoms with Crippen molar-refractivity contribution < 1.29 is 9.21 Å². The van der Waals surface area contributed by atoms with Gasteiger partial charge >= 0.3 is 0 Å². The quantitative estimate of drug-likeness (QED) is 0.316. The number of halogens is 1. The molecule has 0 aliphatic heterocycles. The van der Waals surface area contributed by atoms with Gasteiger partial charge < -0.3 is 9.73 Å². The normalized spacial score (nSPS) is 14.9. The van der Waals surface area contributed by atoms with Crippen LogP contribution >= 0.6 is 32.1 Å². The molecule has 6 nitrogen and oxygen atoms in total. The fourth-order valence-electron chi connectivity index (χ4n) is 3.18. The van der Waals surface area contributed by atoms with Crippen molar-refractivity contribution in [2.75, 3.05) is 5.32 Å². The minimum atomic E-state index is -0.108. The summed E-state index contributed by atoms with van der Waals surface area (Å²) in [6.07, 6.45) is 3.65. The Labute approximate surface area is 180 Å². The number of fused-ring (bicyclic) bond motifs is 1. The lowest BCUT2D eigenvalue weighted by atomic mass is 10.1. The van der Waals surface area contributed by atoms with Gasteiger partial charge in [-0.3, -0.25) is 7.91 Å². The molecule has 0 spiro atoms. The topological polar surface area (TPSA) is 71.3 Å². The van der Waals surface area contributed by atoms with Gasteiger partial charge in [0.15, 0.2) is 0 Å². The molecule has 2 heterocycles. The van der Waals surface area contributed by atoms with Gasteiger partial charge in [0.05, 0.1) is 40.4 Å². The second-order valence-electron chi connectivity index (χ2n) is 7.64. The molecule has 1 aromatic carbocycles. The number of carbonyl (C=O) groups is 1. The van der Waals surface area contributed by atoms with Crippen molar-refractivity contribution in [2.45, 2.75) is 45.7 Å². The van der Waals surface area contributed by atoms with E-state index < -0.39 is 0 Å². The molecule has 1 amide bonds. The molecule has 0 saturated heterocycles. The van der Waals surface area contributed by atoms with E-state index in [2.05, 4.69) is 73.4 Å². The minimum absolute atomic E-state index is 0.0359. The first-order valence-corrected chi connectivity index (χ1v) is 10.7. The first kappa shape index (κ1) is 19.6. The van der Waals surface area contributed by atoms with Crippen molar-refractivity contribution in [1.82, 2.24) is 13.1 Å². The average Bonchev–Trinajstić information content (AvgIpc) is 3.26. The third-order valence-electron chi connectivity index (χ3n) is 5.17. The van der Waals surface area contributed by atoms with Gasteiger partial charge in [-0.25, -0.2) is 9.97 Å². The molecule has 1 fully saturated rings. The monoisotopic (exact) mass is 508 g/mol. The van der Waals surface area contributed by atoms with E-state index in [1.54, 1.807) is 10.0 Å². The largest absolute Gasteiger partial charge is 0.442 e. The van der Waals surface area contributed by atoms with Crippen LogP contribution in [0.1, 0.15) is 47.0 Å². The maximum absolute atomic E-state index is 13.3. The Morgan fingerprint density at radius 3 is 2.79 bits per heavy atom. The third-order valence-corrected chi connectivity index (χ3v) is 6.60. The lowest BCUT2D eigenvalue weighted by Crippen LogP contribution is -2.22. The smallest absolute Gasteiger partial charge is 0.267 e. The number of rotatable bonds is 5. The Hall–Kier alpha value is -1.73. The van der Waals surface area contributed by atoms with Crippen LogP contribution in [-0.2, 0) is 6.54 Å². The van der Waals surface area contributed by atoms with E-state index in [1.165, 1.54) is 11.9 Å². The molecule has 0 bridgehead atoms. The van der Waals surface area contributed by atoms with Gasteiger partial charge in [0.2, 0.25) is 5.71 Å². The van der Waals surface area contributed by atoms with Gasteiger partial charge in [-0.2, -0.15) is 0 Å². The van der Waals surface area contributed by atoms with Crippen LogP contribution in [0.4, 0.5) is 5.82 Å². The Morgan fingerprint density at radius 1 is 1.36 bits per heavy atom. The van der Waals surface area contributed by atoms with Crippen LogP contribution < -0.4 is 10.6 Å². The number of furan rings is 1. The summed E-state index contributed by atoms with van der Waals surface area (Å²) in [7, 11) is 2.72. The van der Waals surface area contributed by atoms with E-state index in [-0.39, 0.29) is 11.4 Å². The predicted octanol–water partition coefficient (Wildman–Crippen LogP) is 4.30. The SMILES string of the molecule is Cc1cc(CN(I)C(=O)c2c(C)oc3ncnc(NC4(C)CC4)c23)ccc1P. The number of nitrogens with zero attached hydrogens (tertiary/aromatic N) is 3. The molecule has 3 aromatic rings. The maximum atomic E-state index is 13.3. The number of hydrogen-bond donors (Lipinski definition) is 1. The van der Waals surface area contributed by atoms with Crippen LogP contribution in [0, 0.1) is 13.8 Å². The second-order valence-corrected chi connectivity index (χ2v) is 9.42. The van der Waals surface area contributed by atoms with Crippen LogP contribution in [0.3, 0.4) is 0 Å². The summed E-state index contributed by atoms with van der Waals surface area (Å²) in [4.78, 5) is 21.9. The number of aryl methyl sites for hydroxylation is 2. The number of benzene rings is 1. The van der Waals surface area contributed by atoms with E-state index in [4.69, 9.17) is 4.42 Å². The summed E-state index contributed by atoms with van der Waals surface area (Å²) < 4.78 is 7.47. The van der Waals surface area contributed by atoms with E-state index >= 15 is 0 Å². The van der Waals surface area contributed by atoms with Crippen LogP contribution in [0.15, 0.2) is 28.9 Å². The van der Waals surface area contributed by atoms with Gasteiger partial charge in [-0.15, -0.1) is 9.24 Å². The molecule has 1 atom stereocenters. The Morgan fingerprint density at radius 2 is 2.11 bits per heavy atom. The molecule has 1 aliphatic carbocycles. The zero-order chi connectivity index (χ0) is 20.1. The molecular weight excluding hydrogens is 486 g/mol. The fourth-order valence-corrected chi connectivity index (χ4v) is 4.00. The van der Waals surface area contributed by atoms with Gasteiger partial charge in [0.25, 0.3) is 5.91 Å². The standard InChI is InChI=1S/C20H22IN4O2P/c1-11-8-13(4-5-14(11)28)9-25(21)19(26)15-12(2)27-18-16(15)17(22-10-23-18)24-20(3)6-7-20/h4-5,8,10H,6-7,9,28H2,1-3H3,(H,22,23,24). The zero-order valence-corrected chi connectivity index (χ0v) is 19.4. The van der Waals surface area contributed by atoms with Crippen molar-refractivity contribution in [1.29, 1.82) is 0 Å². The minimum Gasteiger partial charge on any atom is -0.442 e. The molecule has 2 aromatic heterocycles. The number of aromatic nitrogens is 2. The number of hydrogen-bond acceptors (Lipinski definition) is 5. The van der Waals surface area contributed by atoms with Crippen LogP contribution in [0.2, 0.25) is 0 Å². The Bertz CT molecular complexity index is 1080. The zero-order valence-electron chi connectivity index (χ0n) is 16.0. The molecule has 1 unspecified atom stereocenters. The van der Waals surface area contributed by atoms with Gasteiger partial charge in [0.1, 0.15) is 17.9 Å². The van der Waals surface area contributed by atoms with Crippen LogP contribution in [0.5, 0.6) is 0 Å². The highest BCUT2D eigenvalue weighted by Crippen LogP contribution is 2.40. The first-order chi connectivity index (χ1) is 13.3. The molecule has 1 saturated carbocycles. The van der Waals surface area contributed by atoms with Crippen molar-refractivity contribution in [2.24, 2.45) is 0 Å². The number of carbonyl (C=O) groups excluding carboxylic acids is 1. The van der Waals surface area contributed by atoms with Gasteiger partial charge in [-0.1, -0.05) is 18.2 Å². The highest BCUT2D eigenvalue weighted by atomic mass is 127. The van der Waals surface area contributed by atoms with Crippen LogP contribution in [-0.4, -0.2) is 24.5 Å². The molecule has 8 heteroatoms. The van der Waals surface area contributed by atoms with Gasteiger partial charge in [0, 0.05) is 5.54 Å². The predicted molar refractivity (Wildman–Crippen MR) is 122 cm³/mol. The summed E-state index contributed by atoms with van der Waals surface area (Å²) in [5, 5.41) is 5.28. The lowest BCUT2D eigenvalue weighted by molar-refractivity contribution is 0.0883. The molecular formula is C20H22IN4O2P. The molecule has 0 radical (unpaired) electrons. The number of anilines is 1. The highest BCUT2D eigenvalue weighted by Gasteiger charge is 2.38. The Balaban J connectivity index is 1.68. The Kier molecular flexibility index (Phi) is 5.08. The summed E-state index contributed by atoms with van der Waals surface area (Å²) in [6.45, 7) is 6.52. The highest BCUT2D eigenvalue weighted by molar-refractivity contribution is 14.1. The summed E-state index contributed by atoms with van der Waals surface area (Å²) in [6, 6.07) is 6.19. The summed E-state index contributed by atoms with van der Waals surface area (Å²) in [5.41, 5.74) is 3.26. The van der Waals surface area contributed by atoms with Crippen molar-refractivity contribution in [3.8, 4) is 0 Å². The average molecular weight is 508 g/mol. The molecule has 1 N–H and O–H groups in total. The number of nitrogens with one attached hydrogen (secondary N) is 1. The van der Waals surface area contributed by atoms with Crippen molar-refractivity contribution >= 4 is 60.2 Å². The maximum Gasteiger partial charge on any atom is 0.267 e. The second kappa shape index (κ2) is 7.26. The van der Waals surface area contributed by atoms with E-state index in [0.717, 1.165) is 23.7 Å². The van der Waals surface area contributed by atoms with E-state index in [1.807, 2.05) is 6.07 Å². The first-order valence-electron chi connectivity index (χ1n) is 9.12. The summed E-state index contributed by atoms with van der Waals surface area (Å²) >= 11 is 2.07. The fraction of sp³-hybridized carbons (Fsp3) is 0.350. The third kappa shape index (κ3) is 3.74. The molecule has 4 rings (SSSR count). The molecule has 1 aliphatic rings. The lowest BCUT2D eigenvalue weighted by Gasteiger charge is -2.17. The molecule has 28 heavy (non-hydrogen) atoms. The van der Waals surface area contributed by atoms with E-state index in [0.29, 0.717) is 34.8 Å². The van der Waals surface area contributed by atoms with E-state index in [9.17, 15) is 4.79 Å². The van der Waals surface area contributed by atoms with Crippen molar-refractivity contribution in [3.63, 3.8) is 0 Å².